The molecular formula is C10H14Cl2FNO. The Morgan fingerprint density at radius 2 is 2.07 bits per heavy atom. The number of aliphatic hydroxyl groups excluding tert-OH is 1. The topological polar surface area (TPSA) is 46.2 Å². The zero-order valence-corrected chi connectivity index (χ0v) is 9.69. The van der Waals surface area contributed by atoms with Crippen LogP contribution >= 0.6 is 24.0 Å². The molecular weight excluding hydrogens is 240 g/mol. The van der Waals surface area contributed by atoms with Crippen LogP contribution in [0.15, 0.2) is 18.2 Å². The van der Waals surface area contributed by atoms with Crippen molar-refractivity contribution in [1.82, 2.24) is 0 Å². The molecule has 0 saturated heterocycles. The number of hydrogen-bond donors (Lipinski definition) is 2. The van der Waals surface area contributed by atoms with Crippen LogP contribution in [0, 0.1) is 5.82 Å². The summed E-state index contributed by atoms with van der Waals surface area (Å²) in [6, 6.07) is 3.99. The second kappa shape index (κ2) is 7.01. The SMILES string of the molecule is Cl.N[C@@H](CCCO)c1cc(F)cc(Cl)c1. The molecule has 2 nitrogen and oxygen atoms in total. The van der Waals surface area contributed by atoms with Crippen LogP contribution in [0.2, 0.25) is 5.02 Å². The molecule has 0 aliphatic heterocycles. The first-order valence-electron chi connectivity index (χ1n) is 4.46. The monoisotopic (exact) mass is 253 g/mol. The van der Waals surface area contributed by atoms with Gasteiger partial charge in [-0.1, -0.05) is 11.6 Å². The molecule has 0 aliphatic carbocycles. The Labute approximate surface area is 99.6 Å². The molecule has 3 N–H and O–H groups in total. The van der Waals surface area contributed by atoms with Crippen molar-refractivity contribution in [3.8, 4) is 0 Å². The maximum absolute atomic E-state index is 12.9. The van der Waals surface area contributed by atoms with Gasteiger partial charge in [0.1, 0.15) is 5.82 Å². The van der Waals surface area contributed by atoms with Crippen molar-refractivity contribution >= 4 is 24.0 Å². The highest BCUT2D eigenvalue weighted by Crippen LogP contribution is 2.21. The summed E-state index contributed by atoms with van der Waals surface area (Å²) in [6.07, 6.45) is 1.23. The van der Waals surface area contributed by atoms with E-state index in [4.69, 9.17) is 22.4 Å². The highest BCUT2D eigenvalue weighted by atomic mass is 35.5. The number of halogens is 3. The minimum absolute atomic E-state index is 0. The van der Waals surface area contributed by atoms with E-state index in [1.54, 1.807) is 6.07 Å². The Bertz CT molecular complexity index is 289. The van der Waals surface area contributed by atoms with E-state index in [1.165, 1.54) is 12.1 Å². The minimum atomic E-state index is -0.382. The fourth-order valence-electron chi connectivity index (χ4n) is 1.27. The van der Waals surface area contributed by atoms with E-state index in [0.717, 1.165) is 0 Å². The van der Waals surface area contributed by atoms with Crippen LogP contribution in [0.25, 0.3) is 0 Å². The van der Waals surface area contributed by atoms with E-state index < -0.39 is 0 Å². The predicted molar refractivity (Wildman–Crippen MR) is 61.9 cm³/mol. The maximum atomic E-state index is 12.9. The lowest BCUT2D eigenvalue weighted by molar-refractivity contribution is 0.280. The van der Waals surface area contributed by atoms with Gasteiger partial charge in [0, 0.05) is 17.7 Å². The number of hydrogen-bond acceptors (Lipinski definition) is 2. The smallest absolute Gasteiger partial charge is 0.125 e. The van der Waals surface area contributed by atoms with Gasteiger partial charge in [0.25, 0.3) is 0 Å². The molecule has 1 rings (SSSR count). The van der Waals surface area contributed by atoms with Gasteiger partial charge in [-0.25, -0.2) is 4.39 Å². The normalized spacial score (nSPS) is 12.0. The number of rotatable bonds is 4. The van der Waals surface area contributed by atoms with E-state index in [0.29, 0.717) is 23.4 Å². The van der Waals surface area contributed by atoms with E-state index in [-0.39, 0.29) is 30.9 Å². The van der Waals surface area contributed by atoms with Crippen LogP contribution in [0.3, 0.4) is 0 Å². The largest absolute Gasteiger partial charge is 0.396 e. The highest BCUT2D eigenvalue weighted by Gasteiger charge is 2.07. The molecule has 0 aliphatic rings. The first-order chi connectivity index (χ1) is 6.63. The Hall–Kier alpha value is -0.350. The molecule has 0 aromatic heterocycles. The maximum Gasteiger partial charge on any atom is 0.125 e. The van der Waals surface area contributed by atoms with Gasteiger partial charge < -0.3 is 10.8 Å². The second-order valence-corrected chi connectivity index (χ2v) is 3.61. The fraction of sp³-hybridized carbons (Fsp3) is 0.400. The molecule has 86 valence electrons. The Kier molecular flexibility index (Phi) is 6.85. The predicted octanol–water partition coefficient (Wildman–Crippen LogP) is 2.67. The minimum Gasteiger partial charge on any atom is -0.396 e. The molecule has 0 bridgehead atoms. The molecule has 0 radical (unpaired) electrons. The molecule has 5 heteroatoms. The van der Waals surface area contributed by atoms with E-state index >= 15 is 0 Å². The van der Waals surface area contributed by atoms with Crippen LogP contribution in [0.1, 0.15) is 24.4 Å². The number of benzene rings is 1. The summed E-state index contributed by atoms with van der Waals surface area (Å²) in [5.41, 5.74) is 6.45. The summed E-state index contributed by atoms with van der Waals surface area (Å²) < 4.78 is 12.9. The van der Waals surface area contributed by atoms with E-state index in [9.17, 15) is 4.39 Å². The Morgan fingerprint density at radius 1 is 1.40 bits per heavy atom. The lowest BCUT2D eigenvalue weighted by atomic mass is 10.0. The van der Waals surface area contributed by atoms with Gasteiger partial charge in [0.15, 0.2) is 0 Å². The zero-order valence-electron chi connectivity index (χ0n) is 8.12. The molecule has 0 spiro atoms. The van der Waals surface area contributed by atoms with E-state index in [2.05, 4.69) is 0 Å². The fourth-order valence-corrected chi connectivity index (χ4v) is 1.50. The first kappa shape index (κ1) is 14.6. The van der Waals surface area contributed by atoms with Crippen molar-refractivity contribution in [2.45, 2.75) is 18.9 Å². The molecule has 1 aromatic rings. The molecule has 15 heavy (non-hydrogen) atoms. The summed E-state index contributed by atoms with van der Waals surface area (Å²) in [4.78, 5) is 0. The molecule has 0 fully saturated rings. The van der Waals surface area contributed by atoms with Gasteiger partial charge in [-0.15, -0.1) is 12.4 Å². The average Bonchev–Trinajstić information content (AvgIpc) is 2.12. The van der Waals surface area contributed by atoms with Crippen molar-refractivity contribution < 1.29 is 9.50 Å². The van der Waals surface area contributed by atoms with Crippen LogP contribution in [0.4, 0.5) is 4.39 Å². The lowest BCUT2D eigenvalue weighted by Gasteiger charge is -2.11. The van der Waals surface area contributed by atoms with Gasteiger partial charge in [0.2, 0.25) is 0 Å². The van der Waals surface area contributed by atoms with Gasteiger partial charge in [0.05, 0.1) is 0 Å². The second-order valence-electron chi connectivity index (χ2n) is 3.18. The zero-order chi connectivity index (χ0) is 10.6. The van der Waals surface area contributed by atoms with E-state index in [1.807, 2.05) is 0 Å². The van der Waals surface area contributed by atoms with Gasteiger partial charge in [-0.05, 0) is 36.6 Å². The van der Waals surface area contributed by atoms with Gasteiger partial charge in [-0.2, -0.15) is 0 Å². The van der Waals surface area contributed by atoms with Crippen LogP contribution < -0.4 is 5.73 Å². The van der Waals surface area contributed by atoms with Crippen LogP contribution in [-0.2, 0) is 0 Å². The highest BCUT2D eigenvalue weighted by molar-refractivity contribution is 6.30. The quantitative estimate of drug-likeness (QED) is 0.867. The number of aliphatic hydroxyl groups is 1. The van der Waals surface area contributed by atoms with Crippen LogP contribution in [-0.4, -0.2) is 11.7 Å². The van der Waals surface area contributed by atoms with Crippen molar-refractivity contribution in [1.29, 1.82) is 0 Å². The van der Waals surface area contributed by atoms with Crippen molar-refractivity contribution in [2.24, 2.45) is 5.73 Å². The summed E-state index contributed by atoms with van der Waals surface area (Å²) in [5, 5.41) is 8.96. The third kappa shape index (κ3) is 4.80. The molecule has 0 unspecified atom stereocenters. The molecule has 0 heterocycles. The molecule has 0 saturated carbocycles. The van der Waals surface area contributed by atoms with Crippen LogP contribution in [0.5, 0.6) is 0 Å². The van der Waals surface area contributed by atoms with Crippen molar-refractivity contribution in [3.05, 3.63) is 34.6 Å². The summed E-state index contributed by atoms with van der Waals surface area (Å²) >= 11 is 5.68. The standard InChI is InChI=1S/C10H13ClFNO.ClH/c11-8-4-7(5-9(12)6-8)10(13)2-1-3-14;/h4-6,10,14H,1-3,13H2;1H/t10-;/m0./s1. The average molecular weight is 254 g/mol. The molecule has 0 amide bonds. The third-order valence-electron chi connectivity index (χ3n) is 1.99. The molecule has 1 aromatic carbocycles. The first-order valence-corrected chi connectivity index (χ1v) is 4.83. The van der Waals surface area contributed by atoms with Gasteiger partial charge >= 0.3 is 0 Å². The van der Waals surface area contributed by atoms with Crippen molar-refractivity contribution in [2.75, 3.05) is 6.61 Å². The van der Waals surface area contributed by atoms with Gasteiger partial charge in [-0.3, -0.25) is 0 Å². The number of nitrogens with two attached hydrogens (primary N) is 1. The third-order valence-corrected chi connectivity index (χ3v) is 2.20. The molecule has 1 atom stereocenters. The Balaban J connectivity index is 0.00000196. The summed E-state index contributed by atoms with van der Waals surface area (Å²) in [6.45, 7) is 0.0940. The van der Waals surface area contributed by atoms with Crippen molar-refractivity contribution in [3.63, 3.8) is 0 Å². The lowest BCUT2D eigenvalue weighted by Crippen LogP contribution is -2.11. The Morgan fingerprint density at radius 3 is 2.60 bits per heavy atom. The summed E-state index contributed by atoms with van der Waals surface area (Å²) in [7, 11) is 0. The summed E-state index contributed by atoms with van der Waals surface area (Å²) in [5.74, 6) is -0.382.